The third kappa shape index (κ3) is 1.52. The first-order chi connectivity index (χ1) is 7.70. The molecule has 1 aromatic rings. The molecule has 2 aliphatic rings. The Morgan fingerprint density at radius 1 is 1.31 bits per heavy atom. The van der Waals surface area contributed by atoms with Crippen LogP contribution in [0.25, 0.3) is 0 Å². The summed E-state index contributed by atoms with van der Waals surface area (Å²) in [6.45, 7) is 4.04. The third-order valence-corrected chi connectivity index (χ3v) is 3.65. The van der Waals surface area contributed by atoms with E-state index in [0.29, 0.717) is 5.02 Å². The molecule has 3 rings (SSSR count). The van der Waals surface area contributed by atoms with Crippen LogP contribution in [0.1, 0.15) is 37.4 Å². The highest BCUT2D eigenvalue weighted by molar-refractivity contribution is 6.32. The second-order valence-corrected chi connectivity index (χ2v) is 4.89. The van der Waals surface area contributed by atoms with E-state index in [1.54, 1.807) is 0 Å². The van der Waals surface area contributed by atoms with Crippen molar-refractivity contribution in [3.8, 4) is 5.75 Å². The normalized spacial score (nSPS) is 26.5. The first-order valence-electron chi connectivity index (χ1n) is 5.69. The minimum atomic E-state index is -0.468. The molecule has 0 amide bonds. The van der Waals surface area contributed by atoms with Crippen molar-refractivity contribution in [3.63, 3.8) is 0 Å². The molecule has 2 nitrogen and oxygen atoms in total. The molecule has 1 radical (unpaired) electrons. The van der Waals surface area contributed by atoms with Crippen molar-refractivity contribution >= 4 is 11.6 Å². The fourth-order valence-corrected chi connectivity index (χ4v) is 2.77. The molecule has 1 aromatic carbocycles. The molecule has 0 N–H and O–H groups in total. The Morgan fingerprint density at radius 2 is 2.06 bits per heavy atom. The van der Waals surface area contributed by atoms with Crippen molar-refractivity contribution in [1.29, 1.82) is 0 Å². The zero-order valence-corrected chi connectivity index (χ0v) is 9.80. The summed E-state index contributed by atoms with van der Waals surface area (Å²) < 4.78 is 11.9. The maximum absolute atomic E-state index is 6.16. The number of halogens is 1. The number of ether oxygens (including phenoxy) is 2. The van der Waals surface area contributed by atoms with Crippen LogP contribution in [-0.4, -0.2) is 5.79 Å². The second kappa shape index (κ2) is 3.64. The predicted octanol–water partition coefficient (Wildman–Crippen LogP) is 3.89. The lowest BCUT2D eigenvalue weighted by atomic mass is 10.1. The van der Waals surface area contributed by atoms with Gasteiger partial charge in [-0.2, -0.15) is 0 Å². The average molecular weight is 238 g/mol. The van der Waals surface area contributed by atoms with Gasteiger partial charge in [0.05, 0.1) is 11.1 Å². The molecule has 1 fully saturated rings. The summed E-state index contributed by atoms with van der Waals surface area (Å²) in [6.07, 6.45) is 3.98. The van der Waals surface area contributed by atoms with E-state index < -0.39 is 5.79 Å². The summed E-state index contributed by atoms with van der Waals surface area (Å²) in [5.41, 5.74) is 0.949. The van der Waals surface area contributed by atoms with Crippen molar-refractivity contribution < 1.29 is 9.47 Å². The van der Waals surface area contributed by atoms with Crippen LogP contribution in [0.15, 0.2) is 18.2 Å². The Bertz CT molecular complexity index is 410. The van der Waals surface area contributed by atoms with E-state index in [-0.39, 0.29) is 6.10 Å². The largest absolute Gasteiger partial charge is 0.460 e. The lowest BCUT2D eigenvalue weighted by Crippen LogP contribution is -2.40. The first-order valence-corrected chi connectivity index (χ1v) is 6.06. The monoisotopic (exact) mass is 237 g/mol. The van der Waals surface area contributed by atoms with Crippen molar-refractivity contribution in [2.45, 2.75) is 37.6 Å². The summed E-state index contributed by atoms with van der Waals surface area (Å²) in [5.74, 6) is 0.294. The molecule has 1 atom stereocenters. The molecule has 1 saturated carbocycles. The topological polar surface area (TPSA) is 18.5 Å². The molecular formula is C13H14ClO2. The third-order valence-electron chi connectivity index (χ3n) is 3.35. The molecule has 85 valence electrons. The van der Waals surface area contributed by atoms with Gasteiger partial charge in [-0.3, -0.25) is 0 Å². The van der Waals surface area contributed by atoms with Crippen LogP contribution in [-0.2, 0) is 4.74 Å². The van der Waals surface area contributed by atoms with Crippen LogP contribution in [0.2, 0.25) is 5.02 Å². The van der Waals surface area contributed by atoms with Gasteiger partial charge in [0.1, 0.15) is 5.75 Å². The summed E-state index contributed by atoms with van der Waals surface area (Å²) in [6, 6.07) is 5.71. The minimum Gasteiger partial charge on any atom is -0.460 e. The van der Waals surface area contributed by atoms with Crippen LogP contribution in [0.5, 0.6) is 5.75 Å². The van der Waals surface area contributed by atoms with E-state index in [9.17, 15) is 0 Å². The Kier molecular flexibility index (Phi) is 2.37. The number of benzene rings is 1. The van der Waals surface area contributed by atoms with Gasteiger partial charge in [-0.25, -0.2) is 0 Å². The Balaban J connectivity index is 2.04. The van der Waals surface area contributed by atoms with Crippen LogP contribution in [0, 0.1) is 6.92 Å². The molecular weight excluding hydrogens is 224 g/mol. The van der Waals surface area contributed by atoms with Crippen LogP contribution < -0.4 is 4.74 Å². The molecule has 1 aliphatic carbocycles. The van der Waals surface area contributed by atoms with E-state index in [1.165, 1.54) is 0 Å². The van der Waals surface area contributed by atoms with Crippen molar-refractivity contribution in [2.75, 3.05) is 0 Å². The fourth-order valence-electron chi connectivity index (χ4n) is 2.55. The molecule has 0 unspecified atom stereocenters. The number of hydrogen-bond acceptors (Lipinski definition) is 2. The smallest absolute Gasteiger partial charge is 0.211 e. The van der Waals surface area contributed by atoms with E-state index in [2.05, 4.69) is 6.92 Å². The summed E-state index contributed by atoms with van der Waals surface area (Å²) in [5, 5.41) is 0.653. The SMILES string of the molecule is [CH2][C@@H]1OC2(CCCC2)Oc2c(Cl)cccc21. The van der Waals surface area contributed by atoms with E-state index in [1.807, 2.05) is 18.2 Å². The Morgan fingerprint density at radius 3 is 2.81 bits per heavy atom. The zero-order valence-electron chi connectivity index (χ0n) is 9.04. The van der Waals surface area contributed by atoms with Gasteiger partial charge in [0, 0.05) is 18.4 Å². The van der Waals surface area contributed by atoms with Gasteiger partial charge >= 0.3 is 0 Å². The van der Waals surface area contributed by atoms with Gasteiger partial charge in [-0.15, -0.1) is 0 Å². The van der Waals surface area contributed by atoms with Crippen molar-refractivity contribution in [3.05, 3.63) is 35.7 Å². The predicted molar refractivity (Wildman–Crippen MR) is 62.5 cm³/mol. The lowest BCUT2D eigenvalue weighted by Gasteiger charge is -2.39. The average Bonchev–Trinajstić information content (AvgIpc) is 2.68. The minimum absolute atomic E-state index is 0.180. The molecule has 3 heteroatoms. The van der Waals surface area contributed by atoms with E-state index >= 15 is 0 Å². The van der Waals surface area contributed by atoms with Gasteiger partial charge < -0.3 is 9.47 Å². The van der Waals surface area contributed by atoms with Crippen LogP contribution in [0.4, 0.5) is 0 Å². The first kappa shape index (κ1) is 10.4. The fraction of sp³-hybridized carbons (Fsp3) is 0.462. The summed E-state index contributed by atoms with van der Waals surface area (Å²) in [7, 11) is 0. The number of para-hydroxylation sites is 1. The van der Waals surface area contributed by atoms with Gasteiger partial charge in [0.15, 0.2) is 0 Å². The van der Waals surface area contributed by atoms with Gasteiger partial charge in [-0.05, 0) is 25.8 Å². The lowest BCUT2D eigenvalue weighted by molar-refractivity contribution is -0.214. The van der Waals surface area contributed by atoms with Gasteiger partial charge in [-0.1, -0.05) is 23.7 Å². The van der Waals surface area contributed by atoms with Crippen molar-refractivity contribution in [1.82, 2.24) is 0 Å². The van der Waals surface area contributed by atoms with E-state index in [4.69, 9.17) is 21.1 Å². The summed E-state index contributed by atoms with van der Waals surface area (Å²) >= 11 is 6.16. The summed E-state index contributed by atoms with van der Waals surface area (Å²) in [4.78, 5) is 0. The Labute approximate surface area is 101 Å². The maximum Gasteiger partial charge on any atom is 0.211 e. The van der Waals surface area contributed by atoms with E-state index in [0.717, 1.165) is 37.0 Å². The molecule has 1 heterocycles. The quantitative estimate of drug-likeness (QED) is 0.682. The number of rotatable bonds is 0. The van der Waals surface area contributed by atoms with Gasteiger partial charge in [0.2, 0.25) is 5.79 Å². The highest BCUT2D eigenvalue weighted by Crippen LogP contribution is 2.47. The van der Waals surface area contributed by atoms with Gasteiger partial charge in [0.25, 0.3) is 0 Å². The molecule has 1 aliphatic heterocycles. The van der Waals surface area contributed by atoms with Crippen LogP contribution in [0.3, 0.4) is 0 Å². The molecule has 0 saturated heterocycles. The zero-order chi connectivity index (χ0) is 11.2. The number of fused-ring (bicyclic) bond motifs is 1. The molecule has 0 aromatic heterocycles. The molecule has 16 heavy (non-hydrogen) atoms. The Hall–Kier alpha value is -0.730. The standard InChI is InChI=1S/C13H14ClO2/c1-9-10-5-4-6-11(14)12(10)16-13(15-9)7-2-3-8-13/h4-6,9H,1-3,7-8H2/t9-/m0/s1. The number of hydrogen-bond donors (Lipinski definition) is 0. The second-order valence-electron chi connectivity index (χ2n) is 4.48. The van der Waals surface area contributed by atoms with Crippen LogP contribution >= 0.6 is 11.6 Å². The van der Waals surface area contributed by atoms with Crippen molar-refractivity contribution in [2.24, 2.45) is 0 Å². The highest BCUT2D eigenvalue weighted by Gasteiger charge is 2.43. The molecule has 1 spiro atoms. The maximum atomic E-state index is 6.16. The highest BCUT2D eigenvalue weighted by atomic mass is 35.5. The molecule has 0 bridgehead atoms.